The minimum atomic E-state index is 0.104. The normalized spacial score (nSPS) is 19.5. The number of fused-ring (bicyclic) bond motifs is 1. The summed E-state index contributed by atoms with van der Waals surface area (Å²) >= 11 is 0. The van der Waals surface area contributed by atoms with Crippen molar-refractivity contribution in [2.75, 3.05) is 32.1 Å². The topological polar surface area (TPSA) is 54.5 Å². The Kier molecular flexibility index (Phi) is 9.13. The zero-order valence-corrected chi connectivity index (χ0v) is 19.5. The molecule has 5 nitrogen and oxygen atoms in total. The summed E-state index contributed by atoms with van der Waals surface area (Å²) in [6.45, 7) is 8.00. The minimum absolute atomic E-state index is 0.104. The lowest BCUT2D eigenvalue weighted by Crippen LogP contribution is -2.41. The number of piperidine rings is 1. The van der Waals surface area contributed by atoms with Crippen molar-refractivity contribution >= 4 is 22.5 Å². The van der Waals surface area contributed by atoms with Crippen molar-refractivity contribution < 1.29 is 9.53 Å². The average Bonchev–Trinajstić information content (AvgIpc) is 2.79. The van der Waals surface area contributed by atoms with Crippen molar-refractivity contribution in [2.24, 2.45) is 11.8 Å². The van der Waals surface area contributed by atoms with Gasteiger partial charge < -0.3 is 15.0 Å². The summed E-state index contributed by atoms with van der Waals surface area (Å²) in [5, 5.41) is 4.06. The molecule has 0 saturated carbocycles. The molecule has 2 atom stereocenters. The number of hydrogen-bond donors (Lipinski definition) is 1. The molecule has 0 radical (unpaired) electrons. The van der Waals surface area contributed by atoms with Crippen LogP contribution in [0.2, 0.25) is 0 Å². The first kappa shape index (κ1) is 23.5. The molecule has 1 aromatic heterocycles. The van der Waals surface area contributed by atoms with Crippen molar-refractivity contribution in [2.45, 2.75) is 65.2 Å². The zero-order chi connectivity index (χ0) is 22.1. The highest BCUT2D eigenvalue weighted by Gasteiger charge is 2.29. The Morgan fingerprint density at radius 2 is 2.00 bits per heavy atom. The molecule has 1 aliphatic rings. The van der Waals surface area contributed by atoms with Crippen LogP contribution in [0.3, 0.4) is 0 Å². The molecule has 0 spiro atoms. The monoisotopic (exact) mass is 425 g/mol. The first-order valence-corrected chi connectivity index (χ1v) is 12.1. The highest BCUT2D eigenvalue weighted by Crippen LogP contribution is 2.31. The summed E-state index contributed by atoms with van der Waals surface area (Å²) in [6, 6.07) is 7.63. The van der Waals surface area contributed by atoms with Crippen LogP contribution >= 0.6 is 0 Å². The number of aromatic nitrogens is 1. The summed E-state index contributed by atoms with van der Waals surface area (Å²) in [6.07, 6.45) is 11.3. The summed E-state index contributed by atoms with van der Waals surface area (Å²) in [5.74, 6) is 1.93. The fourth-order valence-electron chi connectivity index (χ4n) is 4.83. The van der Waals surface area contributed by atoms with Crippen molar-refractivity contribution in [3.63, 3.8) is 0 Å². The largest absolute Gasteiger partial charge is 0.497 e. The molecule has 170 valence electrons. The standard InChI is InChI=1S/C26H39N3O2/c1-4-6-7-8-9-15-29-16-13-21(20(5-2)19-29)17-26(30)28-25-12-14-27-24-11-10-22(31-3)18-23(24)25/h10-12,14,18,20-21H,4-9,13,15-17,19H2,1-3H3,(H,27,28,30)/t20-,21+/m0/s1. The summed E-state index contributed by atoms with van der Waals surface area (Å²) in [7, 11) is 1.65. The van der Waals surface area contributed by atoms with Crippen LogP contribution in [-0.2, 0) is 4.79 Å². The number of unbranched alkanes of at least 4 members (excludes halogenated alkanes) is 4. The van der Waals surface area contributed by atoms with Crippen LogP contribution in [0, 0.1) is 11.8 Å². The van der Waals surface area contributed by atoms with Gasteiger partial charge in [0.25, 0.3) is 0 Å². The maximum atomic E-state index is 12.9. The second-order valence-corrected chi connectivity index (χ2v) is 8.93. The summed E-state index contributed by atoms with van der Waals surface area (Å²) in [5.41, 5.74) is 1.67. The fourth-order valence-corrected chi connectivity index (χ4v) is 4.83. The van der Waals surface area contributed by atoms with E-state index in [-0.39, 0.29) is 5.91 Å². The molecule has 3 rings (SSSR count). The zero-order valence-electron chi connectivity index (χ0n) is 19.5. The molecule has 1 aliphatic heterocycles. The number of hydrogen-bond acceptors (Lipinski definition) is 4. The maximum absolute atomic E-state index is 12.9. The van der Waals surface area contributed by atoms with E-state index in [0.29, 0.717) is 18.3 Å². The Morgan fingerprint density at radius 3 is 2.77 bits per heavy atom. The SMILES string of the molecule is CCCCCCCN1CC[C@H](CC(=O)Nc2ccnc3ccc(OC)cc23)[C@@H](CC)C1. The van der Waals surface area contributed by atoms with E-state index in [2.05, 4.69) is 29.0 Å². The number of rotatable bonds is 11. The van der Waals surface area contributed by atoms with E-state index in [1.807, 2.05) is 24.3 Å². The van der Waals surface area contributed by atoms with Crippen LogP contribution in [0.4, 0.5) is 5.69 Å². The fraction of sp³-hybridized carbons (Fsp3) is 0.615. The Balaban J connectivity index is 1.54. The van der Waals surface area contributed by atoms with Crippen molar-refractivity contribution in [3.8, 4) is 5.75 Å². The van der Waals surface area contributed by atoms with Gasteiger partial charge >= 0.3 is 0 Å². The molecule has 31 heavy (non-hydrogen) atoms. The second-order valence-electron chi connectivity index (χ2n) is 8.93. The molecule has 1 N–H and O–H groups in total. The number of likely N-dealkylation sites (tertiary alicyclic amines) is 1. The summed E-state index contributed by atoms with van der Waals surface area (Å²) < 4.78 is 5.34. The molecule has 0 aliphatic carbocycles. The smallest absolute Gasteiger partial charge is 0.224 e. The van der Waals surface area contributed by atoms with Crippen molar-refractivity contribution in [3.05, 3.63) is 30.5 Å². The van der Waals surface area contributed by atoms with Gasteiger partial charge in [-0.05, 0) is 62.0 Å². The Hall–Kier alpha value is -2.14. The number of carbonyl (C=O) groups excluding carboxylic acids is 1. The van der Waals surface area contributed by atoms with Gasteiger partial charge in [0.2, 0.25) is 5.91 Å². The second kappa shape index (κ2) is 12.0. The van der Waals surface area contributed by atoms with Gasteiger partial charge in [0.05, 0.1) is 18.3 Å². The van der Waals surface area contributed by atoms with Crippen molar-refractivity contribution in [1.29, 1.82) is 0 Å². The molecule has 1 amide bonds. The van der Waals surface area contributed by atoms with Gasteiger partial charge in [0.15, 0.2) is 0 Å². The predicted molar refractivity (Wildman–Crippen MR) is 129 cm³/mol. The number of nitrogens with one attached hydrogen (secondary N) is 1. The number of amides is 1. The number of pyridine rings is 1. The van der Waals surface area contributed by atoms with E-state index in [4.69, 9.17) is 4.74 Å². The number of benzene rings is 1. The van der Waals surface area contributed by atoms with Crippen LogP contribution in [-0.4, -0.2) is 42.5 Å². The van der Waals surface area contributed by atoms with Crippen LogP contribution in [0.5, 0.6) is 5.75 Å². The molecular formula is C26H39N3O2. The summed E-state index contributed by atoms with van der Waals surface area (Å²) in [4.78, 5) is 19.9. The van der Waals surface area contributed by atoms with Crippen LogP contribution < -0.4 is 10.1 Å². The van der Waals surface area contributed by atoms with Gasteiger partial charge in [0.1, 0.15) is 5.75 Å². The molecule has 1 fully saturated rings. The third kappa shape index (κ3) is 6.67. The van der Waals surface area contributed by atoms with E-state index in [9.17, 15) is 4.79 Å². The van der Waals surface area contributed by atoms with E-state index >= 15 is 0 Å². The average molecular weight is 426 g/mol. The van der Waals surface area contributed by atoms with E-state index in [1.165, 1.54) is 38.6 Å². The first-order valence-electron chi connectivity index (χ1n) is 12.1. The van der Waals surface area contributed by atoms with Crippen LogP contribution in [0.1, 0.15) is 65.2 Å². The highest BCUT2D eigenvalue weighted by atomic mass is 16.5. The number of nitrogens with zero attached hydrogens (tertiary/aromatic N) is 2. The highest BCUT2D eigenvalue weighted by molar-refractivity contribution is 6.01. The van der Waals surface area contributed by atoms with Crippen molar-refractivity contribution in [1.82, 2.24) is 9.88 Å². The first-order chi connectivity index (χ1) is 15.1. The maximum Gasteiger partial charge on any atom is 0.224 e. The molecular weight excluding hydrogens is 386 g/mol. The van der Waals surface area contributed by atoms with Gasteiger partial charge in [-0.15, -0.1) is 0 Å². The van der Waals surface area contributed by atoms with Gasteiger partial charge in [0, 0.05) is 24.5 Å². The minimum Gasteiger partial charge on any atom is -0.497 e. The lowest BCUT2D eigenvalue weighted by molar-refractivity contribution is -0.118. The number of anilines is 1. The lowest BCUT2D eigenvalue weighted by Gasteiger charge is -2.38. The number of ether oxygens (including phenoxy) is 1. The molecule has 2 heterocycles. The number of carbonyl (C=O) groups is 1. The Bertz CT molecular complexity index is 839. The quantitative estimate of drug-likeness (QED) is 0.456. The molecule has 0 bridgehead atoms. The molecule has 1 aromatic carbocycles. The molecule has 2 aromatic rings. The van der Waals surface area contributed by atoms with Gasteiger partial charge in [-0.25, -0.2) is 0 Å². The number of methoxy groups -OCH3 is 1. The van der Waals surface area contributed by atoms with Crippen LogP contribution in [0.15, 0.2) is 30.5 Å². The Morgan fingerprint density at radius 1 is 1.16 bits per heavy atom. The van der Waals surface area contributed by atoms with Gasteiger partial charge in [-0.3, -0.25) is 9.78 Å². The van der Waals surface area contributed by atoms with Gasteiger partial charge in [-0.2, -0.15) is 0 Å². The molecule has 0 unspecified atom stereocenters. The molecule has 5 heteroatoms. The third-order valence-corrected chi connectivity index (χ3v) is 6.75. The third-order valence-electron chi connectivity index (χ3n) is 6.75. The lowest BCUT2D eigenvalue weighted by atomic mass is 9.81. The predicted octanol–water partition coefficient (Wildman–Crippen LogP) is 5.89. The van der Waals surface area contributed by atoms with E-state index in [0.717, 1.165) is 48.3 Å². The molecule has 1 saturated heterocycles. The van der Waals surface area contributed by atoms with Gasteiger partial charge in [-0.1, -0.05) is 46.0 Å². The van der Waals surface area contributed by atoms with E-state index in [1.54, 1.807) is 13.3 Å². The Labute approximate surface area is 187 Å². The van der Waals surface area contributed by atoms with Crippen LogP contribution in [0.25, 0.3) is 10.9 Å². The van der Waals surface area contributed by atoms with E-state index < -0.39 is 0 Å².